The van der Waals surface area contributed by atoms with Gasteiger partial charge in [0.05, 0.1) is 13.2 Å². The normalized spacial score (nSPS) is 14.0. The Morgan fingerprint density at radius 1 is 1.03 bits per heavy atom. The van der Waals surface area contributed by atoms with Crippen LogP contribution in [0.2, 0.25) is 0 Å². The fourth-order valence-electron chi connectivity index (χ4n) is 3.88. The zero-order valence-corrected chi connectivity index (χ0v) is 16.7. The summed E-state index contributed by atoms with van der Waals surface area (Å²) >= 11 is 0. The molecule has 6 nitrogen and oxygen atoms in total. The first kappa shape index (κ1) is 19.3. The molecule has 0 fully saturated rings. The van der Waals surface area contributed by atoms with Crippen LogP contribution in [0, 0.1) is 0 Å². The van der Waals surface area contributed by atoms with Crippen molar-refractivity contribution in [2.75, 3.05) is 19.8 Å². The van der Waals surface area contributed by atoms with Gasteiger partial charge in [-0.1, -0.05) is 0 Å². The zero-order chi connectivity index (χ0) is 20.4. The third-order valence-corrected chi connectivity index (χ3v) is 5.16. The first-order chi connectivity index (χ1) is 14.1. The zero-order valence-electron chi connectivity index (χ0n) is 16.7. The minimum atomic E-state index is -0.407. The second-order valence-electron chi connectivity index (χ2n) is 7.17. The molecule has 1 aromatic heterocycles. The lowest BCUT2D eigenvalue weighted by Gasteiger charge is -2.30. The van der Waals surface area contributed by atoms with E-state index in [-0.39, 0.29) is 5.75 Å². The molecule has 1 N–H and O–H groups in total. The maximum atomic E-state index is 12.0. The number of rotatable bonds is 6. The Morgan fingerprint density at radius 3 is 2.48 bits per heavy atom. The molecule has 1 aliphatic rings. The second-order valence-corrected chi connectivity index (χ2v) is 7.17. The number of hydrogen-bond donors (Lipinski definition) is 1. The number of phenolic OH excluding ortho intramolecular Hbond substituents is 1. The van der Waals surface area contributed by atoms with Crippen molar-refractivity contribution < 1.29 is 19.0 Å². The van der Waals surface area contributed by atoms with Crippen LogP contribution < -0.4 is 15.1 Å². The van der Waals surface area contributed by atoms with Gasteiger partial charge >= 0.3 is 5.63 Å². The highest BCUT2D eigenvalue weighted by molar-refractivity contribution is 5.81. The molecular weight excluding hydrogens is 370 g/mol. The fraction of sp³-hybridized carbons (Fsp3) is 0.348. The van der Waals surface area contributed by atoms with Crippen LogP contribution in [0.1, 0.15) is 30.5 Å². The summed E-state index contributed by atoms with van der Waals surface area (Å²) in [5, 5.41) is 10.5. The second kappa shape index (κ2) is 8.17. The first-order valence-electron chi connectivity index (χ1n) is 9.97. The van der Waals surface area contributed by atoms with Crippen molar-refractivity contribution in [3.63, 3.8) is 0 Å². The molecule has 152 valence electrons. The standard InChI is InChI=1S/C23H25NO5/c1-3-27-21-9-15-7-8-24(13-16(15)10-22(21)28-4-2)14-17-11-23(26)29-20-12-18(25)5-6-19(17)20/h5-6,9-12,25H,3-4,7-8,13-14H2,1-2H3. The van der Waals surface area contributed by atoms with E-state index in [1.807, 2.05) is 13.8 Å². The summed E-state index contributed by atoms with van der Waals surface area (Å²) in [6.07, 6.45) is 0.905. The van der Waals surface area contributed by atoms with Crippen molar-refractivity contribution >= 4 is 11.0 Å². The van der Waals surface area contributed by atoms with Gasteiger partial charge in [0, 0.05) is 37.2 Å². The SMILES string of the molecule is CCOc1cc2c(cc1OCC)CN(Cc1cc(=O)oc3cc(O)ccc13)CC2. The van der Waals surface area contributed by atoms with Crippen LogP contribution in [0.5, 0.6) is 17.2 Å². The number of nitrogens with zero attached hydrogens (tertiary/aromatic N) is 1. The summed E-state index contributed by atoms with van der Waals surface area (Å²) in [7, 11) is 0. The molecule has 0 unspecified atom stereocenters. The lowest BCUT2D eigenvalue weighted by molar-refractivity contribution is 0.242. The summed E-state index contributed by atoms with van der Waals surface area (Å²) < 4.78 is 16.8. The molecule has 1 aliphatic heterocycles. The van der Waals surface area contributed by atoms with Gasteiger partial charge in [-0.25, -0.2) is 4.79 Å². The van der Waals surface area contributed by atoms with Crippen molar-refractivity contribution in [3.8, 4) is 17.2 Å². The number of fused-ring (bicyclic) bond motifs is 2. The van der Waals surface area contributed by atoms with Crippen molar-refractivity contribution in [3.05, 3.63) is 63.5 Å². The van der Waals surface area contributed by atoms with E-state index in [9.17, 15) is 9.90 Å². The lowest BCUT2D eigenvalue weighted by atomic mass is 9.98. The average molecular weight is 395 g/mol. The van der Waals surface area contributed by atoms with Crippen molar-refractivity contribution in [1.82, 2.24) is 4.90 Å². The number of aromatic hydroxyl groups is 1. The lowest BCUT2D eigenvalue weighted by Crippen LogP contribution is -2.30. The number of benzene rings is 2. The molecule has 29 heavy (non-hydrogen) atoms. The summed E-state index contributed by atoms with van der Waals surface area (Å²) in [5.41, 5.74) is 3.39. The molecular formula is C23H25NO5. The van der Waals surface area contributed by atoms with Gasteiger partial charge in [0.15, 0.2) is 11.5 Å². The van der Waals surface area contributed by atoms with Crippen LogP contribution in [-0.2, 0) is 19.5 Å². The average Bonchev–Trinajstić information content (AvgIpc) is 2.68. The predicted molar refractivity (Wildman–Crippen MR) is 111 cm³/mol. The van der Waals surface area contributed by atoms with Gasteiger partial charge in [0.25, 0.3) is 0 Å². The number of phenols is 1. The number of ether oxygens (including phenoxy) is 2. The van der Waals surface area contributed by atoms with E-state index in [2.05, 4.69) is 17.0 Å². The van der Waals surface area contributed by atoms with E-state index in [4.69, 9.17) is 13.9 Å². The Bertz CT molecular complexity index is 1090. The van der Waals surface area contributed by atoms with Crippen molar-refractivity contribution in [2.24, 2.45) is 0 Å². The van der Waals surface area contributed by atoms with Crippen LogP contribution in [0.3, 0.4) is 0 Å². The topological polar surface area (TPSA) is 72.1 Å². The van der Waals surface area contributed by atoms with Gasteiger partial charge < -0.3 is 19.0 Å². The summed E-state index contributed by atoms with van der Waals surface area (Å²) in [4.78, 5) is 14.3. The van der Waals surface area contributed by atoms with Gasteiger partial charge in [0.2, 0.25) is 0 Å². The minimum Gasteiger partial charge on any atom is -0.508 e. The highest BCUT2D eigenvalue weighted by atomic mass is 16.5. The van der Waals surface area contributed by atoms with E-state index in [1.54, 1.807) is 18.2 Å². The highest BCUT2D eigenvalue weighted by Gasteiger charge is 2.21. The third-order valence-electron chi connectivity index (χ3n) is 5.16. The molecule has 2 heterocycles. The van der Waals surface area contributed by atoms with E-state index in [0.29, 0.717) is 25.3 Å². The van der Waals surface area contributed by atoms with Crippen LogP contribution in [0.15, 0.2) is 45.6 Å². The molecule has 0 spiro atoms. The Kier molecular flexibility index (Phi) is 5.45. The maximum absolute atomic E-state index is 12.0. The molecule has 0 amide bonds. The Labute approximate surface area is 169 Å². The number of hydrogen-bond acceptors (Lipinski definition) is 6. The van der Waals surface area contributed by atoms with Crippen LogP contribution in [-0.4, -0.2) is 29.8 Å². The Morgan fingerprint density at radius 2 is 1.76 bits per heavy atom. The van der Waals surface area contributed by atoms with Crippen LogP contribution in [0.4, 0.5) is 0 Å². The minimum absolute atomic E-state index is 0.0817. The van der Waals surface area contributed by atoms with Gasteiger partial charge in [-0.15, -0.1) is 0 Å². The van der Waals surface area contributed by atoms with Crippen LogP contribution in [0.25, 0.3) is 11.0 Å². The van der Waals surface area contributed by atoms with Crippen molar-refractivity contribution in [2.45, 2.75) is 33.4 Å². The maximum Gasteiger partial charge on any atom is 0.336 e. The van der Waals surface area contributed by atoms with E-state index >= 15 is 0 Å². The van der Waals surface area contributed by atoms with Gasteiger partial charge in [-0.05, 0) is 61.2 Å². The quantitative estimate of drug-likeness (QED) is 0.639. The molecule has 0 bridgehead atoms. The Balaban J connectivity index is 1.61. The van der Waals surface area contributed by atoms with Gasteiger partial charge in [0.1, 0.15) is 11.3 Å². The molecule has 2 aromatic carbocycles. The molecule has 4 rings (SSSR count). The van der Waals surface area contributed by atoms with Crippen LogP contribution >= 0.6 is 0 Å². The summed E-state index contributed by atoms with van der Waals surface area (Å²) in [5.74, 6) is 1.66. The summed E-state index contributed by atoms with van der Waals surface area (Å²) in [6.45, 7) is 7.39. The molecule has 3 aromatic rings. The third kappa shape index (κ3) is 4.07. The monoisotopic (exact) mass is 395 g/mol. The van der Waals surface area contributed by atoms with E-state index < -0.39 is 5.63 Å². The van der Waals surface area contributed by atoms with Crippen molar-refractivity contribution in [1.29, 1.82) is 0 Å². The van der Waals surface area contributed by atoms with E-state index in [1.165, 1.54) is 17.2 Å². The summed E-state index contributed by atoms with van der Waals surface area (Å²) in [6, 6.07) is 10.6. The molecule has 0 radical (unpaired) electrons. The van der Waals surface area contributed by atoms with Gasteiger partial charge in [-0.2, -0.15) is 0 Å². The molecule has 0 atom stereocenters. The Hall–Kier alpha value is -2.99. The smallest absolute Gasteiger partial charge is 0.336 e. The van der Waals surface area contributed by atoms with E-state index in [0.717, 1.165) is 42.0 Å². The first-order valence-corrected chi connectivity index (χ1v) is 9.97. The fourth-order valence-corrected chi connectivity index (χ4v) is 3.88. The largest absolute Gasteiger partial charge is 0.508 e. The molecule has 0 saturated carbocycles. The molecule has 0 aliphatic carbocycles. The molecule has 0 saturated heterocycles. The molecule has 6 heteroatoms. The highest BCUT2D eigenvalue weighted by Crippen LogP contribution is 2.34. The predicted octanol–water partition coefficient (Wildman–Crippen LogP) is 3.85. The van der Waals surface area contributed by atoms with Gasteiger partial charge in [-0.3, -0.25) is 4.90 Å².